The van der Waals surface area contributed by atoms with Crippen LogP contribution in [0.1, 0.15) is 26.3 Å². The monoisotopic (exact) mass is 390 g/mol. The Morgan fingerprint density at radius 3 is 2.71 bits per heavy atom. The Kier molecular flexibility index (Phi) is 5.86. The number of rotatable bonds is 4. The molecule has 1 aromatic carbocycles. The van der Waals surface area contributed by atoms with Gasteiger partial charge in [-0.25, -0.2) is 4.79 Å². The lowest BCUT2D eigenvalue weighted by Gasteiger charge is -2.39. The number of carbonyl (C=O) groups is 1. The molecule has 8 heteroatoms. The number of piperazine rings is 1. The standard InChI is InChI=1S/C20H30N4O4/c1-20(2,3)28-19(25)23-9-10-24-15(13-23)12-22-18(24)21-11-14-7-6-8-16(26-4)17(14)27-5/h6-8,15H,9-13H2,1-5H3,(H,21,22). The van der Waals surface area contributed by atoms with Crippen LogP contribution in [0.2, 0.25) is 0 Å². The van der Waals surface area contributed by atoms with E-state index < -0.39 is 5.60 Å². The van der Waals surface area contributed by atoms with Gasteiger partial charge in [0.25, 0.3) is 0 Å². The third-order valence-corrected chi connectivity index (χ3v) is 4.78. The first-order valence-electron chi connectivity index (χ1n) is 9.55. The molecule has 1 saturated heterocycles. The van der Waals surface area contributed by atoms with Crippen LogP contribution in [0.4, 0.5) is 4.79 Å². The number of amides is 1. The number of guanidine groups is 1. The molecule has 1 fully saturated rings. The molecule has 0 saturated carbocycles. The summed E-state index contributed by atoms with van der Waals surface area (Å²) in [6, 6.07) is 6.00. The number of ether oxygens (including phenoxy) is 3. The highest BCUT2D eigenvalue weighted by Gasteiger charge is 2.36. The predicted molar refractivity (Wildman–Crippen MR) is 107 cm³/mol. The molecule has 2 aliphatic heterocycles. The van der Waals surface area contributed by atoms with Crippen molar-refractivity contribution in [2.45, 2.75) is 39.0 Å². The smallest absolute Gasteiger partial charge is 0.410 e. The number of hydrogen-bond donors (Lipinski definition) is 1. The van der Waals surface area contributed by atoms with Gasteiger partial charge >= 0.3 is 6.09 Å². The average molecular weight is 390 g/mol. The molecule has 0 bridgehead atoms. The van der Waals surface area contributed by atoms with Gasteiger partial charge in [-0.1, -0.05) is 12.1 Å². The number of aliphatic imine (C=N–C) groups is 1. The summed E-state index contributed by atoms with van der Waals surface area (Å²) in [6.07, 6.45) is -0.255. The van der Waals surface area contributed by atoms with Crippen LogP contribution >= 0.6 is 0 Å². The van der Waals surface area contributed by atoms with Crippen molar-refractivity contribution in [2.75, 3.05) is 40.4 Å². The van der Waals surface area contributed by atoms with Crippen molar-refractivity contribution in [1.82, 2.24) is 15.1 Å². The minimum Gasteiger partial charge on any atom is -0.493 e. The van der Waals surface area contributed by atoms with Gasteiger partial charge in [0.15, 0.2) is 17.5 Å². The molecule has 0 aromatic heterocycles. The number of para-hydroxylation sites is 1. The van der Waals surface area contributed by atoms with Crippen LogP contribution < -0.4 is 14.8 Å². The molecule has 28 heavy (non-hydrogen) atoms. The first kappa shape index (κ1) is 20.1. The quantitative estimate of drug-likeness (QED) is 0.848. The van der Waals surface area contributed by atoms with Crippen LogP contribution in [0.3, 0.4) is 0 Å². The molecule has 3 rings (SSSR count). The molecule has 8 nitrogen and oxygen atoms in total. The Hall–Kier alpha value is -2.64. The molecular weight excluding hydrogens is 360 g/mol. The second-order valence-electron chi connectivity index (χ2n) is 7.94. The molecule has 0 aliphatic carbocycles. The Balaban J connectivity index is 1.58. The molecule has 1 N–H and O–H groups in total. The van der Waals surface area contributed by atoms with Crippen molar-refractivity contribution in [2.24, 2.45) is 4.99 Å². The number of nitrogens with zero attached hydrogens (tertiary/aromatic N) is 3. The zero-order valence-electron chi connectivity index (χ0n) is 17.3. The van der Waals surface area contributed by atoms with Crippen LogP contribution in [-0.4, -0.2) is 73.9 Å². The summed E-state index contributed by atoms with van der Waals surface area (Å²) in [6.45, 7) is 8.86. The second-order valence-corrected chi connectivity index (χ2v) is 7.94. The molecule has 1 aromatic rings. The molecule has 2 heterocycles. The molecule has 0 spiro atoms. The molecule has 1 amide bonds. The average Bonchev–Trinajstić information content (AvgIpc) is 3.06. The SMILES string of the molecule is COc1cccc(CNC2=NCC3CN(C(=O)OC(C)(C)C)CCN23)c1OC. The first-order valence-corrected chi connectivity index (χ1v) is 9.55. The maximum absolute atomic E-state index is 12.3. The van der Waals surface area contributed by atoms with Gasteiger partial charge < -0.3 is 29.3 Å². The largest absolute Gasteiger partial charge is 0.493 e. The molecule has 2 aliphatic rings. The van der Waals surface area contributed by atoms with E-state index in [4.69, 9.17) is 14.2 Å². The summed E-state index contributed by atoms with van der Waals surface area (Å²) in [7, 11) is 3.27. The minimum atomic E-state index is -0.483. The Labute approximate surface area is 166 Å². The summed E-state index contributed by atoms with van der Waals surface area (Å²) in [4.78, 5) is 21.0. The van der Waals surface area contributed by atoms with Crippen molar-refractivity contribution in [1.29, 1.82) is 0 Å². The van der Waals surface area contributed by atoms with E-state index in [-0.39, 0.29) is 12.1 Å². The number of nitrogens with one attached hydrogen (secondary N) is 1. The number of hydrogen-bond acceptors (Lipinski definition) is 7. The second kappa shape index (κ2) is 8.16. The topological polar surface area (TPSA) is 75.6 Å². The first-order chi connectivity index (χ1) is 13.3. The van der Waals surface area contributed by atoms with Gasteiger partial charge in [-0.05, 0) is 26.8 Å². The molecule has 1 atom stereocenters. The highest BCUT2D eigenvalue weighted by atomic mass is 16.6. The fraction of sp³-hybridized carbons (Fsp3) is 0.600. The fourth-order valence-corrected chi connectivity index (χ4v) is 3.49. The van der Waals surface area contributed by atoms with E-state index in [2.05, 4.69) is 15.2 Å². The normalized spacial score (nSPS) is 19.0. The zero-order chi connectivity index (χ0) is 20.3. The van der Waals surface area contributed by atoms with Gasteiger partial charge in [-0.15, -0.1) is 0 Å². The lowest BCUT2D eigenvalue weighted by Crippen LogP contribution is -2.57. The summed E-state index contributed by atoms with van der Waals surface area (Å²) >= 11 is 0. The van der Waals surface area contributed by atoms with E-state index in [1.807, 2.05) is 39.0 Å². The Morgan fingerprint density at radius 2 is 2.04 bits per heavy atom. The van der Waals surface area contributed by atoms with E-state index in [0.717, 1.165) is 23.8 Å². The Bertz CT molecular complexity index is 744. The van der Waals surface area contributed by atoms with E-state index in [9.17, 15) is 4.79 Å². The summed E-state index contributed by atoms with van der Waals surface area (Å²) in [5.74, 6) is 2.29. The molecular formula is C20H30N4O4. The number of benzene rings is 1. The molecule has 154 valence electrons. The van der Waals surface area contributed by atoms with E-state index in [1.54, 1.807) is 19.1 Å². The maximum atomic E-state index is 12.3. The third-order valence-electron chi connectivity index (χ3n) is 4.78. The number of methoxy groups -OCH3 is 2. The zero-order valence-corrected chi connectivity index (χ0v) is 17.3. The molecule has 0 radical (unpaired) electrons. The molecule has 1 unspecified atom stereocenters. The van der Waals surface area contributed by atoms with Crippen molar-refractivity contribution in [3.8, 4) is 11.5 Å². The van der Waals surface area contributed by atoms with Gasteiger partial charge in [0, 0.05) is 31.7 Å². The van der Waals surface area contributed by atoms with Crippen LogP contribution in [-0.2, 0) is 11.3 Å². The summed E-state index contributed by atoms with van der Waals surface area (Å²) in [5, 5.41) is 3.41. The Morgan fingerprint density at radius 1 is 1.25 bits per heavy atom. The van der Waals surface area contributed by atoms with Crippen molar-refractivity contribution < 1.29 is 19.0 Å². The van der Waals surface area contributed by atoms with Gasteiger partial charge in [0.05, 0.1) is 26.8 Å². The van der Waals surface area contributed by atoms with Crippen molar-refractivity contribution >= 4 is 12.1 Å². The fourth-order valence-electron chi connectivity index (χ4n) is 3.49. The maximum Gasteiger partial charge on any atom is 0.410 e. The van der Waals surface area contributed by atoms with Crippen LogP contribution in [0.15, 0.2) is 23.2 Å². The van der Waals surface area contributed by atoms with Gasteiger partial charge in [0.2, 0.25) is 0 Å². The van der Waals surface area contributed by atoms with Gasteiger partial charge in [0.1, 0.15) is 5.60 Å². The van der Waals surface area contributed by atoms with Gasteiger partial charge in [-0.2, -0.15) is 0 Å². The minimum absolute atomic E-state index is 0.177. The van der Waals surface area contributed by atoms with Crippen molar-refractivity contribution in [3.05, 3.63) is 23.8 Å². The van der Waals surface area contributed by atoms with E-state index in [1.165, 1.54) is 0 Å². The summed E-state index contributed by atoms with van der Waals surface area (Å²) < 4.78 is 16.3. The van der Waals surface area contributed by atoms with E-state index in [0.29, 0.717) is 31.9 Å². The van der Waals surface area contributed by atoms with Gasteiger partial charge in [-0.3, -0.25) is 4.99 Å². The number of carbonyl (C=O) groups excluding carboxylic acids is 1. The highest BCUT2D eigenvalue weighted by Crippen LogP contribution is 2.30. The third kappa shape index (κ3) is 4.43. The van der Waals surface area contributed by atoms with E-state index >= 15 is 0 Å². The number of fused-ring (bicyclic) bond motifs is 1. The summed E-state index contributed by atoms with van der Waals surface area (Å²) in [5.41, 5.74) is 0.517. The van der Waals surface area contributed by atoms with Crippen LogP contribution in [0.5, 0.6) is 11.5 Å². The van der Waals surface area contributed by atoms with Crippen LogP contribution in [0.25, 0.3) is 0 Å². The lowest BCUT2D eigenvalue weighted by atomic mass is 10.1. The highest BCUT2D eigenvalue weighted by molar-refractivity contribution is 5.82. The predicted octanol–water partition coefficient (Wildman–Crippen LogP) is 2.08. The van der Waals surface area contributed by atoms with Crippen molar-refractivity contribution in [3.63, 3.8) is 0 Å². The lowest BCUT2D eigenvalue weighted by molar-refractivity contribution is 0.0137. The van der Waals surface area contributed by atoms with Crippen LogP contribution in [0, 0.1) is 0 Å².